The minimum Gasteiger partial charge on any atom is -0.296 e. The number of rotatable bonds is 1. The third-order valence-electron chi connectivity index (χ3n) is 4.29. The summed E-state index contributed by atoms with van der Waals surface area (Å²) in [6, 6.07) is 0. The van der Waals surface area contributed by atoms with Crippen molar-refractivity contribution >= 4 is 15.8 Å². The number of sulfonamides is 1. The molecule has 1 aliphatic heterocycles. The summed E-state index contributed by atoms with van der Waals surface area (Å²) in [5.41, 5.74) is -0.727. The van der Waals surface area contributed by atoms with Gasteiger partial charge < -0.3 is 0 Å². The van der Waals surface area contributed by atoms with Crippen molar-refractivity contribution in [1.82, 2.24) is 4.31 Å². The van der Waals surface area contributed by atoms with Crippen LogP contribution < -0.4 is 0 Å². The summed E-state index contributed by atoms with van der Waals surface area (Å²) in [4.78, 5) is 12.3. The Bertz CT molecular complexity index is 469. The van der Waals surface area contributed by atoms with Gasteiger partial charge in [-0.05, 0) is 30.6 Å². The van der Waals surface area contributed by atoms with E-state index in [0.29, 0.717) is 25.3 Å². The molecule has 0 N–H and O–H groups in total. The summed E-state index contributed by atoms with van der Waals surface area (Å²) in [6.45, 7) is 8.61. The lowest BCUT2D eigenvalue weighted by Crippen LogP contribution is -2.55. The number of ketones is 1. The molecule has 104 valence electrons. The predicted octanol–water partition coefficient (Wildman–Crippen LogP) is 1.81. The lowest BCUT2D eigenvalue weighted by atomic mass is 9.63. The lowest BCUT2D eigenvalue weighted by molar-refractivity contribution is -0.129. The first-order chi connectivity index (χ1) is 8.13. The first-order valence-electron chi connectivity index (χ1n) is 6.67. The highest BCUT2D eigenvalue weighted by atomic mass is 32.2. The molecule has 4 nitrogen and oxygen atoms in total. The van der Waals surface area contributed by atoms with Crippen LogP contribution in [0.15, 0.2) is 0 Å². The average molecular weight is 273 g/mol. The van der Waals surface area contributed by atoms with E-state index in [1.165, 1.54) is 4.31 Å². The largest absolute Gasteiger partial charge is 0.296 e. The van der Waals surface area contributed by atoms with Gasteiger partial charge in [-0.3, -0.25) is 4.79 Å². The predicted molar refractivity (Wildman–Crippen MR) is 70.7 cm³/mol. The normalized spacial score (nSPS) is 39.3. The SMILES string of the molecule is CCN1C2(CC(C)CC(C)(C)C2)C(=O)CS1(=O)=O. The van der Waals surface area contributed by atoms with Gasteiger partial charge in [0, 0.05) is 6.54 Å². The number of Topliss-reactive ketones (excluding diaryl/α,β-unsaturated/α-hetero) is 1. The Morgan fingerprint density at radius 1 is 1.33 bits per heavy atom. The fourth-order valence-electron chi connectivity index (χ4n) is 4.21. The van der Waals surface area contributed by atoms with E-state index in [4.69, 9.17) is 0 Å². The number of hydrogen-bond acceptors (Lipinski definition) is 3. The smallest absolute Gasteiger partial charge is 0.222 e. The summed E-state index contributed by atoms with van der Waals surface area (Å²) in [6.07, 6.45) is 2.40. The maximum absolute atomic E-state index is 12.3. The molecular weight excluding hydrogens is 250 g/mol. The molecule has 1 aliphatic carbocycles. The highest BCUT2D eigenvalue weighted by molar-refractivity contribution is 7.90. The van der Waals surface area contributed by atoms with Crippen molar-refractivity contribution in [1.29, 1.82) is 0 Å². The van der Waals surface area contributed by atoms with Crippen LogP contribution in [0.4, 0.5) is 0 Å². The van der Waals surface area contributed by atoms with Crippen LogP contribution in [0.5, 0.6) is 0 Å². The van der Waals surface area contributed by atoms with Crippen LogP contribution in [0.3, 0.4) is 0 Å². The van der Waals surface area contributed by atoms with Gasteiger partial charge in [0.05, 0.1) is 5.54 Å². The van der Waals surface area contributed by atoms with Crippen molar-refractivity contribution in [3.05, 3.63) is 0 Å². The zero-order valence-corrected chi connectivity index (χ0v) is 12.5. The molecule has 1 heterocycles. The van der Waals surface area contributed by atoms with Gasteiger partial charge in [0.15, 0.2) is 5.78 Å². The van der Waals surface area contributed by atoms with Crippen LogP contribution in [-0.2, 0) is 14.8 Å². The molecule has 2 atom stereocenters. The number of carbonyl (C=O) groups excluding carboxylic acids is 1. The third-order valence-corrected chi connectivity index (χ3v) is 6.20. The molecule has 2 rings (SSSR count). The van der Waals surface area contributed by atoms with E-state index in [1.54, 1.807) is 0 Å². The Morgan fingerprint density at radius 2 is 1.94 bits per heavy atom. The summed E-state index contributed by atoms with van der Waals surface area (Å²) < 4.78 is 25.7. The van der Waals surface area contributed by atoms with Crippen LogP contribution in [-0.4, -0.2) is 36.3 Å². The quantitative estimate of drug-likeness (QED) is 0.732. The highest BCUT2D eigenvalue weighted by Gasteiger charge is 2.59. The van der Waals surface area contributed by atoms with Gasteiger partial charge in [-0.25, -0.2) is 8.42 Å². The van der Waals surface area contributed by atoms with Gasteiger partial charge in [0.2, 0.25) is 10.0 Å². The molecule has 1 spiro atoms. The molecule has 0 aromatic heterocycles. The number of nitrogens with zero attached hydrogens (tertiary/aromatic N) is 1. The fraction of sp³-hybridized carbons (Fsp3) is 0.923. The molecular formula is C13H23NO3S. The molecule has 2 fully saturated rings. The highest BCUT2D eigenvalue weighted by Crippen LogP contribution is 2.50. The van der Waals surface area contributed by atoms with Crippen molar-refractivity contribution in [3.8, 4) is 0 Å². The zero-order valence-electron chi connectivity index (χ0n) is 11.7. The van der Waals surface area contributed by atoms with E-state index in [2.05, 4.69) is 20.8 Å². The van der Waals surface area contributed by atoms with E-state index >= 15 is 0 Å². The summed E-state index contributed by atoms with van der Waals surface area (Å²) >= 11 is 0. The molecule has 1 saturated carbocycles. The maximum atomic E-state index is 12.3. The number of likely N-dealkylation sites (N-methyl/N-ethyl adjacent to an activating group) is 1. The van der Waals surface area contributed by atoms with Gasteiger partial charge in [0.1, 0.15) is 5.75 Å². The van der Waals surface area contributed by atoms with Crippen LogP contribution in [0.2, 0.25) is 0 Å². The van der Waals surface area contributed by atoms with Gasteiger partial charge in [-0.1, -0.05) is 27.7 Å². The van der Waals surface area contributed by atoms with Crippen molar-refractivity contribution < 1.29 is 13.2 Å². The van der Waals surface area contributed by atoms with Gasteiger partial charge in [0.25, 0.3) is 0 Å². The van der Waals surface area contributed by atoms with Crippen LogP contribution in [0.25, 0.3) is 0 Å². The first-order valence-corrected chi connectivity index (χ1v) is 8.28. The summed E-state index contributed by atoms with van der Waals surface area (Å²) in [5.74, 6) is -0.00655. The Labute approximate surface area is 110 Å². The van der Waals surface area contributed by atoms with E-state index in [9.17, 15) is 13.2 Å². The molecule has 0 bridgehead atoms. The molecule has 0 amide bonds. The molecule has 18 heavy (non-hydrogen) atoms. The van der Waals surface area contributed by atoms with Gasteiger partial charge in [-0.15, -0.1) is 0 Å². The van der Waals surface area contributed by atoms with E-state index < -0.39 is 15.6 Å². The zero-order chi connectivity index (χ0) is 13.8. The monoisotopic (exact) mass is 273 g/mol. The third kappa shape index (κ3) is 2.01. The standard InChI is InChI=1S/C13H23NO3S/c1-5-14-13(11(15)8-18(14,16)17)7-10(2)6-12(3,4)9-13/h10H,5-9H2,1-4H3. The van der Waals surface area contributed by atoms with Crippen LogP contribution in [0, 0.1) is 11.3 Å². The Hall–Kier alpha value is -0.420. The second-order valence-electron chi connectivity index (χ2n) is 6.73. The van der Waals surface area contributed by atoms with E-state index in [-0.39, 0.29) is 17.0 Å². The maximum Gasteiger partial charge on any atom is 0.222 e. The molecule has 0 aromatic carbocycles. The van der Waals surface area contributed by atoms with Crippen molar-refractivity contribution in [3.63, 3.8) is 0 Å². The molecule has 0 radical (unpaired) electrons. The van der Waals surface area contributed by atoms with Crippen LogP contribution in [0.1, 0.15) is 47.0 Å². The molecule has 0 aromatic rings. The van der Waals surface area contributed by atoms with Crippen molar-refractivity contribution in [2.24, 2.45) is 11.3 Å². The minimum absolute atomic E-state index is 0.0284. The average Bonchev–Trinajstić information content (AvgIpc) is 2.29. The lowest BCUT2D eigenvalue weighted by Gasteiger charge is -2.47. The molecule has 2 aliphatic rings. The van der Waals surface area contributed by atoms with Gasteiger partial charge in [-0.2, -0.15) is 4.31 Å². The van der Waals surface area contributed by atoms with Gasteiger partial charge >= 0.3 is 0 Å². The molecule has 1 saturated heterocycles. The van der Waals surface area contributed by atoms with Crippen molar-refractivity contribution in [2.75, 3.05) is 12.3 Å². The Balaban J connectivity index is 2.49. The van der Waals surface area contributed by atoms with E-state index in [1.807, 2.05) is 6.92 Å². The summed E-state index contributed by atoms with van der Waals surface area (Å²) in [5, 5.41) is 0. The fourth-order valence-corrected chi connectivity index (χ4v) is 6.14. The molecule has 5 heteroatoms. The van der Waals surface area contributed by atoms with E-state index in [0.717, 1.165) is 6.42 Å². The second-order valence-corrected chi connectivity index (χ2v) is 8.62. The summed E-state index contributed by atoms with van der Waals surface area (Å²) in [7, 11) is -3.38. The number of hydrogen-bond donors (Lipinski definition) is 0. The topological polar surface area (TPSA) is 54.5 Å². The second kappa shape index (κ2) is 4.04. The number of carbonyl (C=O) groups is 1. The van der Waals surface area contributed by atoms with Crippen LogP contribution >= 0.6 is 0 Å². The first kappa shape index (κ1) is 14.0. The minimum atomic E-state index is -3.38. The Morgan fingerprint density at radius 3 is 2.44 bits per heavy atom. The molecule has 2 unspecified atom stereocenters. The Kier molecular flexibility index (Phi) is 3.14. The van der Waals surface area contributed by atoms with Crippen molar-refractivity contribution in [2.45, 2.75) is 52.5 Å².